The van der Waals surface area contributed by atoms with Crippen molar-refractivity contribution < 1.29 is 55.4 Å². The second-order valence-corrected chi connectivity index (χ2v) is 9.68. The molecule has 4 aliphatic rings. The lowest BCUT2D eigenvalue weighted by molar-refractivity contribution is -0.138. The molecule has 4 fully saturated rings. The van der Waals surface area contributed by atoms with Crippen molar-refractivity contribution in [2.75, 3.05) is 59.7 Å². The maximum Gasteiger partial charge on any atom is 0.305 e. The first-order valence-corrected chi connectivity index (χ1v) is 16.4. The third-order valence-electron chi connectivity index (χ3n) is 6.10. The number of carbonyl (C=O) groups excluding carboxylic acids is 6. The minimum Gasteiger partial charge on any atom is -0.466 e. The van der Waals surface area contributed by atoms with Crippen LogP contribution in [0.5, 0.6) is 0 Å². The first-order chi connectivity index (χ1) is 24.6. The van der Waals surface area contributed by atoms with Gasteiger partial charge >= 0.3 is 5.97 Å². The molecule has 51 heavy (non-hydrogen) atoms. The summed E-state index contributed by atoms with van der Waals surface area (Å²) in [6.07, 6.45) is 18.9. The minimum absolute atomic E-state index is 0. The fourth-order valence-corrected chi connectivity index (χ4v) is 3.59. The summed E-state index contributed by atoms with van der Waals surface area (Å²) < 4.78 is 4.51. The summed E-state index contributed by atoms with van der Waals surface area (Å²) in [5.74, 6) is 5.21. The fraction of sp³-hybridized carbons (Fsp3) is 0.639. The highest BCUT2D eigenvalue weighted by molar-refractivity contribution is 5.79. The number of cyclic esters (lactones) is 1. The maximum absolute atomic E-state index is 11.1. The monoisotopic (exact) mass is 729 g/mol. The normalized spacial score (nSPS) is 14.4. The van der Waals surface area contributed by atoms with E-state index in [1.807, 2.05) is 18.5 Å². The van der Waals surface area contributed by atoms with Crippen molar-refractivity contribution in [2.24, 2.45) is 0 Å². The van der Waals surface area contributed by atoms with Gasteiger partial charge in [-0.25, -0.2) is 0 Å². The molecule has 4 aliphatic heterocycles. The highest BCUT2D eigenvalue weighted by Gasteiger charge is 2.23. The standard InChI is InChI=1S/C8H15NO.C6H9NO.C4H7NO.C4H6O2.C4H10O2.C4H6O2.C2H4N.C2H2.2CH2O.H2/c1-3-7(2)9-6-4-5-8(9)10;1-2-7-5-3-4-6(7)8;6-4-2-1-3-5-4;5-4-2-1-3-6-4;2*5-3-1-2-4-6;1-3-2;3*1-2;/h7H,3-6H2,1-2H3;2H,1,3-5H2;1-3H2,(H,5,6);1-3H2;5-6H,1-4H2;5-6H,3-4H2;1H,2H3;1-2H;2*1H2;1H/q;;;;;;+1;;;;. The lowest BCUT2D eigenvalue weighted by Crippen LogP contribution is -2.33. The van der Waals surface area contributed by atoms with Crippen LogP contribution in [0.25, 0.3) is 4.85 Å². The molecule has 0 aromatic carbocycles. The van der Waals surface area contributed by atoms with E-state index in [4.69, 9.17) is 30.0 Å². The summed E-state index contributed by atoms with van der Waals surface area (Å²) >= 11 is 0. The summed E-state index contributed by atoms with van der Waals surface area (Å²) in [6.45, 7) is 19.6. The van der Waals surface area contributed by atoms with Crippen LogP contribution in [0, 0.1) is 31.3 Å². The van der Waals surface area contributed by atoms with E-state index in [1.54, 1.807) is 11.1 Å². The van der Waals surface area contributed by atoms with Crippen molar-refractivity contribution in [1.29, 1.82) is 0 Å². The van der Waals surface area contributed by atoms with Crippen LogP contribution in [0.2, 0.25) is 0 Å². The average molecular weight is 730 g/mol. The summed E-state index contributed by atoms with van der Waals surface area (Å²) in [6, 6.07) is 0.454. The Morgan fingerprint density at radius 2 is 1.37 bits per heavy atom. The third kappa shape index (κ3) is 45.4. The van der Waals surface area contributed by atoms with Gasteiger partial charge in [-0.2, -0.15) is 0 Å². The summed E-state index contributed by atoms with van der Waals surface area (Å²) in [5, 5.41) is 34.7. The quantitative estimate of drug-likeness (QED) is 0.151. The Balaban J connectivity index is -0.0000000899. The number of rotatable bonds is 6. The molecule has 0 aromatic rings. The molecule has 4 saturated heterocycles. The zero-order valence-corrected chi connectivity index (χ0v) is 30.9. The number of carbonyl (C=O) groups is 6. The summed E-state index contributed by atoms with van der Waals surface area (Å²) in [4.78, 5) is 64.6. The molecule has 0 aromatic heterocycles. The number of terminal acetylenes is 1. The Bertz CT molecular complexity index is 933. The number of aliphatic hydroxyl groups excluding tert-OH is 4. The fourth-order valence-electron chi connectivity index (χ4n) is 3.59. The van der Waals surface area contributed by atoms with E-state index in [1.165, 1.54) is 7.05 Å². The van der Waals surface area contributed by atoms with Gasteiger partial charge in [-0.3, -0.25) is 19.2 Å². The van der Waals surface area contributed by atoms with E-state index in [2.05, 4.69) is 66.6 Å². The zero-order chi connectivity index (χ0) is 40.7. The smallest absolute Gasteiger partial charge is 0.305 e. The SMILES string of the molecule is C#C.C#[N+]C.C=CN1CCCC1=O.C=O.C=O.CCC(C)N1CCCC1=O.O=C1CCCN1.O=C1CCCO1.OCC#CCO.OCCCCO.[HH]. The number of unbranched alkanes of at least 4 members (excludes halogenated alkanes) is 1. The van der Waals surface area contributed by atoms with Crippen molar-refractivity contribution in [2.45, 2.75) is 90.5 Å². The second-order valence-electron chi connectivity index (χ2n) is 9.68. The van der Waals surface area contributed by atoms with Crippen molar-refractivity contribution in [3.63, 3.8) is 0 Å². The molecule has 3 amide bonds. The second kappa shape index (κ2) is 52.2. The molecule has 0 spiro atoms. The molecule has 1 atom stereocenters. The first-order valence-electron chi connectivity index (χ1n) is 16.4. The van der Waals surface area contributed by atoms with Gasteiger partial charge in [0.25, 0.3) is 13.6 Å². The van der Waals surface area contributed by atoms with Crippen LogP contribution < -0.4 is 5.32 Å². The van der Waals surface area contributed by atoms with Crippen LogP contribution in [0.15, 0.2) is 12.8 Å². The number of nitrogens with zero attached hydrogens (tertiary/aromatic N) is 3. The predicted octanol–water partition coefficient (Wildman–Crippen LogP) is 1.81. The van der Waals surface area contributed by atoms with Gasteiger partial charge in [0.05, 0.1) is 6.61 Å². The molecule has 294 valence electrons. The van der Waals surface area contributed by atoms with Gasteiger partial charge in [0.2, 0.25) is 17.7 Å². The molecule has 1 unspecified atom stereocenters. The maximum atomic E-state index is 11.1. The molecular formula is C36H65N4O11+. The zero-order valence-electron chi connectivity index (χ0n) is 30.9. The van der Waals surface area contributed by atoms with Crippen LogP contribution in [0.4, 0.5) is 0 Å². The minimum atomic E-state index is -0.166. The summed E-state index contributed by atoms with van der Waals surface area (Å²) in [5.41, 5.74) is 0. The summed E-state index contributed by atoms with van der Waals surface area (Å²) in [7, 11) is 1.53. The van der Waals surface area contributed by atoms with Gasteiger partial charge < -0.3 is 49.9 Å². The Morgan fingerprint density at radius 3 is 1.57 bits per heavy atom. The lowest BCUT2D eigenvalue weighted by Gasteiger charge is -2.22. The van der Waals surface area contributed by atoms with Gasteiger partial charge in [-0.1, -0.05) is 30.2 Å². The molecule has 5 N–H and O–H groups in total. The van der Waals surface area contributed by atoms with Gasteiger partial charge in [0.1, 0.15) is 26.8 Å². The molecule has 0 bridgehead atoms. The van der Waals surface area contributed by atoms with E-state index >= 15 is 0 Å². The number of likely N-dealkylation sites (tertiary alicyclic amines) is 2. The van der Waals surface area contributed by atoms with Crippen molar-refractivity contribution in [3.05, 3.63) is 17.6 Å². The van der Waals surface area contributed by atoms with E-state index in [0.717, 1.165) is 77.4 Å². The van der Waals surface area contributed by atoms with E-state index < -0.39 is 0 Å². The Kier molecular flexibility index (Phi) is 60.0. The lowest BCUT2D eigenvalue weighted by atomic mass is 10.2. The van der Waals surface area contributed by atoms with E-state index in [9.17, 15) is 19.2 Å². The Hall–Kier alpha value is -4.59. The number of aliphatic hydroxyl groups is 4. The molecule has 4 heterocycles. The van der Waals surface area contributed by atoms with Crippen molar-refractivity contribution >= 4 is 37.3 Å². The molecule has 0 saturated carbocycles. The number of hydrogen-bond donors (Lipinski definition) is 5. The van der Waals surface area contributed by atoms with Gasteiger partial charge in [0.15, 0.2) is 0 Å². The molecule has 0 aliphatic carbocycles. The van der Waals surface area contributed by atoms with Crippen LogP contribution in [-0.2, 0) is 33.5 Å². The van der Waals surface area contributed by atoms with Gasteiger partial charge in [0, 0.05) is 66.0 Å². The first kappa shape index (κ1) is 58.6. The number of ether oxygens (including phenoxy) is 1. The van der Waals surface area contributed by atoms with Crippen LogP contribution in [0.3, 0.4) is 0 Å². The van der Waals surface area contributed by atoms with Crippen LogP contribution in [-0.4, -0.2) is 133 Å². The molecular weight excluding hydrogens is 664 g/mol. The van der Waals surface area contributed by atoms with Crippen molar-refractivity contribution in [1.82, 2.24) is 15.1 Å². The highest BCUT2D eigenvalue weighted by atomic mass is 16.5. The van der Waals surface area contributed by atoms with Crippen LogP contribution in [0.1, 0.15) is 85.9 Å². The Labute approximate surface area is 306 Å². The number of nitrogens with one attached hydrogen (secondary N) is 1. The number of esters is 1. The van der Waals surface area contributed by atoms with Gasteiger partial charge in [-0.15, -0.1) is 12.8 Å². The topological polar surface area (TPSA) is 215 Å². The molecule has 15 nitrogen and oxygen atoms in total. The number of amides is 3. The Morgan fingerprint density at radius 1 is 0.882 bits per heavy atom. The van der Waals surface area contributed by atoms with Gasteiger partial charge in [-0.05, 0) is 58.1 Å². The third-order valence-corrected chi connectivity index (χ3v) is 6.10. The van der Waals surface area contributed by atoms with Crippen molar-refractivity contribution in [3.8, 4) is 31.3 Å². The average Bonchev–Trinajstić information content (AvgIpc) is 4.01. The largest absolute Gasteiger partial charge is 0.466 e. The predicted molar refractivity (Wildman–Crippen MR) is 200 cm³/mol. The van der Waals surface area contributed by atoms with Crippen LogP contribution >= 0.6 is 0 Å². The molecule has 4 rings (SSSR count). The highest BCUT2D eigenvalue weighted by Crippen LogP contribution is 2.14. The van der Waals surface area contributed by atoms with E-state index in [-0.39, 0.29) is 45.6 Å². The number of hydrogen-bond acceptors (Lipinski definition) is 11. The molecule has 15 heteroatoms. The van der Waals surface area contributed by atoms with E-state index in [0.29, 0.717) is 31.4 Å². The molecule has 0 radical (unpaired) electrons.